The normalized spacial score (nSPS) is 15.3. The number of ether oxygens (including phenoxy) is 3. The molecule has 0 saturated heterocycles. The van der Waals surface area contributed by atoms with Crippen molar-refractivity contribution in [3.8, 4) is 11.5 Å². The summed E-state index contributed by atoms with van der Waals surface area (Å²) in [6, 6.07) is 11.9. The summed E-state index contributed by atoms with van der Waals surface area (Å²) in [4.78, 5) is 28.4. The molecular weight excluding hydrogens is 410 g/mol. The highest BCUT2D eigenvalue weighted by Gasteiger charge is 2.42. The van der Waals surface area contributed by atoms with E-state index < -0.39 is 6.04 Å². The van der Waals surface area contributed by atoms with Crippen molar-refractivity contribution in [1.29, 1.82) is 0 Å². The van der Waals surface area contributed by atoms with Crippen LogP contribution in [0.25, 0.3) is 11.0 Å². The Balaban J connectivity index is 1.88. The maximum Gasteiger partial charge on any atom is 0.290 e. The van der Waals surface area contributed by atoms with Crippen LogP contribution in [0, 0.1) is 0 Å². The first kappa shape index (κ1) is 21.9. The van der Waals surface area contributed by atoms with Crippen LogP contribution in [0.5, 0.6) is 11.5 Å². The van der Waals surface area contributed by atoms with Crippen LogP contribution in [-0.4, -0.2) is 44.3 Å². The molecule has 2 aromatic carbocycles. The number of hydrogen-bond donors (Lipinski definition) is 0. The van der Waals surface area contributed by atoms with E-state index in [1.54, 1.807) is 36.3 Å². The van der Waals surface area contributed by atoms with Crippen LogP contribution in [0.1, 0.15) is 48.0 Å². The van der Waals surface area contributed by atoms with Crippen LogP contribution in [0.2, 0.25) is 0 Å². The third-order valence-corrected chi connectivity index (χ3v) is 5.45. The molecule has 0 spiro atoms. The second kappa shape index (κ2) is 9.44. The van der Waals surface area contributed by atoms with Gasteiger partial charge in [0, 0.05) is 13.7 Å². The van der Waals surface area contributed by atoms with E-state index >= 15 is 0 Å². The fraction of sp³-hybridized carbons (Fsp3) is 0.360. The minimum Gasteiger partial charge on any atom is -0.490 e. The molecule has 0 aliphatic carbocycles. The minimum atomic E-state index is -0.604. The number of amides is 1. The molecule has 0 saturated carbocycles. The van der Waals surface area contributed by atoms with E-state index in [1.807, 2.05) is 32.0 Å². The monoisotopic (exact) mass is 437 g/mol. The fourth-order valence-electron chi connectivity index (χ4n) is 4.03. The minimum absolute atomic E-state index is 0.0825. The lowest BCUT2D eigenvalue weighted by molar-refractivity contribution is 0.0663. The van der Waals surface area contributed by atoms with Gasteiger partial charge >= 0.3 is 0 Å². The summed E-state index contributed by atoms with van der Waals surface area (Å²) in [5.74, 6) is 0.973. The SMILES string of the molecule is CCCOc1ccc(C2c3c(oc4ccccc4c3=O)C(=O)N2CCOC)cc1OCC. The van der Waals surface area contributed by atoms with Gasteiger partial charge in [0.2, 0.25) is 5.76 Å². The Morgan fingerprint density at radius 1 is 1.00 bits per heavy atom. The standard InChI is InChI=1S/C25H27NO6/c1-4-13-31-19-11-10-16(15-20(19)30-5-2)22-21-23(27)17-8-6-7-9-18(17)32-24(21)25(28)26(22)12-14-29-3/h6-11,15,22H,4-5,12-14H2,1-3H3. The van der Waals surface area contributed by atoms with E-state index in [0.717, 1.165) is 12.0 Å². The lowest BCUT2D eigenvalue weighted by Crippen LogP contribution is -2.32. The largest absolute Gasteiger partial charge is 0.490 e. The molecule has 2 heterocycles. The van der Waals surface area contributed by atoms with Crippen LogP contribution in [-0.2, 0) is 4.74 Å². The highest BCUT2D eigenvalue weighted by Crippen LogP contribution is 2.40. The highest BCUT2D eigenvalue weighted by atomic mass is 16.5. The lowest BCUT2D eigenvalue weighted by atomic mass is 9.98. The second-order valence-electron chi connectivity index (χ2n) is 7.55. The van der Waals surface area contributed by atoms with Crippen LogP contribution in [0.4, 0.5) is 0 Å². The molecule has 168 valence electrons. The van der Waals surface area contributed by atoms with E-state index in [9.17, 15) is 9.59 Å². The summed E-state index contributed by atoms with van der Waals surface area (Å²) in [5, 5.41) is 0.450. The van der Waals surface area contributed by atoms with E-state index in [4.69, 9.17) is 18.6 Å². The molecule has 32 heavy (non-hydrogen) atoms. The van der Waals surface area contributed by atoms with Gasteiger partial charge in [0.05, 0.1) is 36.8 Å². The zero-order chi connectivity index (χ0) is 22.7. The first-order valence-corrected chi connectivity index (χ1v) is 10.9. The average Bonchev–Trinajstić information content (AvgIpc) is 3.09. The molecule has 7 nitrogen and oxygen atoms in total. The number of hydrogen-bond acceptors (Lipinski definition) is 6. The fourth-order valence-corrected chi connectivity index (χ4v) is 4.03. The van der Waals surface area contributed by atoms with Crippen molar-refractivity contribution in [3.05, 3.63) is 69.6 Å². The quantitative estimate of drug-likeness (QED) is 0.500. The predicted octanol–water partition coefficient (Wildman–Crippen LogP) is 4.17. The van der Waals surface area contributed by atoms with E-state index in [-0.39, 0.29) is 17.1 Å². The van der Waals surface area contributed by atoms with Gasteiger partial charge < -0.3 is 23.5 Å². The van der Waals surface area contributed by atoms with Gasteiger partial charge in [-0.1, -0.05) is 25.1 Å². The van der Waals surface area contributed by atoms with Crippen LogP contribution >= 0.6 is 0 Å². The molecule has 1 aliphatic rings. The van der Waals surface area contributed by atoms with Crippen molar-refractivity contribution >= 4 is 16.9 Å². The number of carbonyl (C=O) groups is 1. The van der Waals surface area contributed by atoms with Crippen LogP contribution < -0.4 is 14.9 Å². The van der Waals surface area contributed by atoms with E-state index in [2.05, 4.69) is 0 Å². The third kappa shape index (κ3) is 3.84. The van der Waals surface area contributed by atoms with Gasteiger partial charge in [-0.05, 0) is 43.2 Å². The van der Waals surface area contributed by atoms with Crippen molar-refractivity contribution in [2.24, 2.45) is 0 Å². The molecule has 4 rings (SSSR count). The van der Waals surface area contributed by atoms with E-state index in [0.29, 0.717) is 54.4 Å². The van der Waals surface area contributed by atoms with Crippen LogP contribution in [0.3, 0.4) is 0 Å². The Bertz CT molecular complexity index is 1180. The third-order valence-electron chi connectivity index (χ3n) is 5.45. The zero-order valence-corrected chi connectivity index (χ0v) is 18.6. The highest BCUT2D eigenvalue weighted by molar-refractivity contribution is 5.99. The molecule has 3 aromatic rings. The molecule has 7 heteroatoms. The molecule has 1 aromatic heterocycles. The van der Waals surface area contributed by atoms with Gasteiger partial charge in [-0.3, -0.25) is 9.59 Å². The van der Waals surface area contributed by atoms with Crippen molar-refractivity contribution in [1.82, 2.24) is 4.90 Å². The summed E-state index contributed by atoms with van der Waals surface area (Å²) >= 11 is 0. The molecule has 1 atom stereocenters. The summed E-state index contributed by atoms with van der Waals surface area (Å²) in [7, 11) is 1.58. The zero-order valence-electron chi connectivity index (χ0n) is 18.6. The summed E-state index contributed by atoms with van der Waals surface area (Å²) in [5.41, 5.74) is 1.29. The number of methoxy groups -OCH3 is 1. The van der Waals surface area contributed by atoms with Gasteiger partial charge in [0.15, 0.2) is 16.9 Å². The molecule has 0 N–H and O–H groups in total. The number of nitrogens with zero attached hydrogens (tertiary/aromatic N) is 1. The van der Waals surface area contributed by atoms with Gasteiger partial charge in [0.1, 0.15) is 5.58 Å². The number of carbonyl (C=O) groups excluding carboxylic acids is 1. The van der Waals surface area contributed by atoms with Crippen molar-refractivity contribution < 1.29 is 23.4 Å². The Kier molecular flexibility index (Phi) is 6.46. The van der Waals surface area contributed by atoms with Crippen molar-refractivity contribution in [2.75, 3.05) is 33.5 Å². The number of rotatable bonds is 9. The maximum absolute atomic E-state index is 13.5. The van der Waals surface area contributed by atoms with E-state index in [1.165, 1.54) is 0 Å². The Morgan fingerprint density at radius 2 is 1.81 bits per heavy atom. The second-order valence-corrected chi connectivity index (χ2v) is 7.55. The van der Waals surface area contributed by atoms with Gasteiger partial charge in [-0.15, -0.1) is 0 Å². The molecular formula is C25H27NO6. The summed E-state index contributed by atoms with van der Waals surface area (Å²) < 4.78 is 22.8. The van der Waals surface area contributed by atoms with Crippen LogP contribution in [0.15, 0.2) is 51.7 Å². The van der Waals surface area contributed by atoms with Gasteiger partial charge in [0.25, 0.3) is 5.91 Å². The van der Waals surface area contributed by atoms with Gasteiger partial charge in [-0.25, -0.2) is 0 Å². The number of benzene rings is 2. The molecule has 1 amide bonds. The molecule has 0 fully saturated rings. The molecule has 1 aliphatic heterocycles. The number of para-hydroxylation sites is 1. The summed E-state index contributed by atoms with van der Waals surface area (Å²) in [6.07, 6.45) is 0.872. The Morgan fingerprint density at radius 3 is 2.56 bits per heavy atom. The molecule has 0 bridgehead atoms. The molecule has 1 unspecified atom stereocenters. The average molecular weight is 437 g/mol. The number of fused-ring (bicyclic) bond motifs is 2. The van der Waals surface area contributed by atoms with Gasteiger partial charge in [-0.2, -0.15) is 0 Å². The van der Waals surface area contributed by atoms with Crippen molar-refractivity contribution in [2.45, 2.75) is 26.3 Å². The summed E-state index contributed by atoms with van der Waals surface area (Å²) in [6.45, 7) is 5.62. The predicted molar refractivity (Wildman–Crippen MR) is 121 cm³/mol. The first-order valence-electron chi connectivity index (χ1n) is 10.9. The molecule has 0 radical (unpaired) electrons. The van der Waals surface area contributed by atoms with Crippen molar-refractivity contribution in [3.63, 3.8) is 0 Å². The smallest absolute Gasteiger partial charge is 0.290 e. The maximum atomic E-state index is 13.5. The topological polar surface area (TPSA) is 78.2 Å². The lowest BCUT2D eigenvalue weighted by Gasteiger charge is -2.25. The Labute approximate surface area is 186 Å². The Hall–Kier alpha value is -3.32. The first-order chi connectivity index (χ1) is 15.6.